The fourth-order valence-corrected chi connectivity index (χ4v) is 2.93. The summed E-state index contributed by atoms with van der Waals surface area (Å²) in [5.74, 6) is 0.782. The maximum absolute atomic E-state index is 12.9. The number of ether oxygens (including phenoxy) is 1. The van der Waals surface area contributed by atoms with Crippen molar-refractivity contribution in [2.24, 2.45) is 0 Å². The third-order valence-corrected chi connectivity index (χ3v) is 4.11. The predicted octanol–water partition coefficient (Wildman–Crippen LogP) is 4.56. The first-order valence-corrected chi connectivity index (χ1v) is 7.45. The van der Waals surface area contributed by atoms with Gasteiger partial charge in [-0.3, -0.25) is 4.79 Å². The molecule has 4 aromatic rings. The molecular weight excluding hydrogens is 286 g/mol. The van der Waals surface area contributed by atoms with Crippen molar-refractivity contribution in [3.8, 4) is 5.75 Å². The first kappa shape index (κ1) is 13.6. The van der Waals surface area contributed by atoms with Gasteiger partial charge in [0.1, 0.15) is 5.75 Å². The van der Waals surface area contributed by atoms with E-state index in [0.717, 1.165) is 27.4 Å². The molecule has 0 atom stereocenters. The van der Waals surface area contributed by atoms with Crippen molar-refractivity contribution in [1.82, 2.24) is 4.98 Å². The third kappa shape index (κ3) is 2.27. The van der Waals surface area contributed by atoms with Gasteiger partial charge in [0.25, 0.3) is 0 Å². The highest BCUT2D eigenvalue weighted by Crippen LogP contribution is 2.26. The molecule has 0 saturated heterocycles. The molecule has 112 valence electrons. The zero-order valence-electron chi connectivity index (χ0n) is 12.7. The van der Waals surface area contributed by atoms with Crippen LogP contribution in [0.15, 0.2) is 66.7 Å². The monoisotopic (exact) mass is 301 g/mol. The molecule has 0 unspecified atom stereocenters. The number of hydrogen-bond acceptors (Lipinski definition) is 2. The lowest BCUT2D eigenvalue weighted by atomic mass is 9.99. The van der Waals surface area contributed by atoms with Gasteiger partial charge in [0.15, 0.2) is 0 Å². The highest BCUT2D eigenvalue weighted by molar-refractivity contribution is 6.17. The van der Waals surface area contributed by atoms with E-state index in [1.807, 2.05) is 66.7 Å². The molecule has 0 bridgehead atoms. The summed E-state index contributed by atoms with van der Waals surface area (Å²) < 4.78 is 5.26. The minimum Gasteiger partial charge on any atom is -0.497 e. The molecule has 0 amide bonds. The number of fused-ring (bicyclic) bond motifs is 2. The van der Waals surface area contributed by atoms with E-state index in [1.54, 1.807) is 7.11 Å². The number of nitrogens with one attached hydrogen (secondary N) is 1. The Hall–Kier alpha value is -3.07. The Morgan fingerprint density at radius 3 is 2.57 bits per heavy atom. The Bertz CT molecular complexity index is 997. The van der Waals surface area contributed by atoms with E-state index in [9.17, 15) is 4.79 Å². The van der Waals surface area contributed by atoms with E-state index in [4.69, 9.17) is 4.74 Å². The molecule has 0 aliphatic rings. The van der Waals surface area contributed by atoms with Crippen LogP contribution in [0.25, 0.3) is 21.7 Å². The molecule has 0 fully saturated rings. The van der Waals surface area contributed by atoms with Crippen molar-refractivity contribution < 1.29 is 9.53 Å². The fraction of sp³-hybridized carbons (Fsp3) is 0.0500. The number of benzene rings is 3. The summed E-state index contributed by atoms with van der Waals surface area (Å²) in [6.07, 6.45) is 0. The minimum absolute atomic E-state index is 0.00281. The Kier molecular flexibility index (Phi) is 3.12. The van der Waals surface area contributed by atoms with Crippen LogP contribution in [0.3, 0.4) is 0 Å². The second-order valence-electron chi connectivity index (χ2n) is 5.49. The smallest absolute Gasteiger partial charge is 0.209 e. The normalized spacial score (nSPS) is 11.0. The molecular formula is C20H15NO2. The summed E-state index contributed by atoms with van der Waals surface area (Å²) in [6.45, 7) is 0. The number of carbonyl (C=O) groups is 1. The van der Waals surface area contributed by atoms with E-state index in [1.165, 1.54) is 0 Å². The van der Waals surface area contributed by atoms with Crippen LogP contribution in [0.1, 0.15) is 16.1 Å². The van der Waals surface area contributed by atoms with Crippen molar-refractivity contribution in [3.63, 3.8) is 0 Å². The molecule has 23 heavy (non-hydrogen) atoms. The molecule has 1 N–H and O–H groups in total. The number of carbonyl (C=O) groups excluding carboxylic acids is 1. The van der Waals surface area contributed by atoms with Gasteiger partial charge in [-0.05, 0) is 41.1 Å². The molecule has 4 rings (SSSR count). The first-order valence-electron chi connectivity index (χ1n) is 7.45. The highest BCUT2D eigenvalue weighted by atomic mass is 16.5. The zero-order chi connectivity index (χ0) is 15.8. The van der Waals surface area contributed by atoms with Gasteiger partial charge in [0.05, 0.1) is 12.8 Å². The lowest BCUT2D eigenvalue weighted by molar-refractivity contribution is 0.103. The van der Waals surface area contributed by atoms with Crippen molar-refractivity contribution >= 4 is 27.5 Å². The molecule has 0 saturated carbocycles. The summed E-state index contributed by atoms with van der Waals surface area (Å²) in [5.41, 5.74) is 2.27. The molecule has 0 aliphatic heterocycles. The number of methoxy groups -OCH3 is 1. The van der Waals surface area contributed by atoms with E-state index in [-0.39, 0.29) is 5.78 Å². The number of aromatic nitrogens is 1. The largest absolute Gasteiger partial charge is 0.497 e. The molecule has 0 spiro atoms. The standard InChI is InChI=1S/C20H15NO2/c1-23-15-9-10-16-13(11-15)6-4-7-17(16)20(22)19-12-14-5-2-3-8-18(14)21-19/h2-12,21H,1H3. The van der Waals surface area contributed by atoms with Gasteiger partial charge in [-0.15, -0.1) is 0 Å². The number of ketones is 1. The van der Waals surface area contributed by atoms with Crippen LogP contribution in [0.4, 0.5) is 0 Å². The fourth-order valence-electron chi connectivity index (χ4n) is 2.93. The molecule has 3 aromatic carbocycles. The highest BCUT2D eigenvalue weighted by Gasteiger charge is 2.15. The number of hydrogen-bond donors (Lipinski definition) is 1. The lowest BCUT2D eigenvalue weighted by Gasteiger charge is -2.06. The Morgan fingerprint density at radius 2 is 1.74 bits per heavy atom. The summed E-state index contributed by atoms with van der Waals surface area (Å²) in [7, 11) is 1.64. The molecule has 3 nitrogen and oxygen atoms in total. The Morgan fingerprint density at radius 1 is 0.913 bits per heavy atom. The van der Waals surface area contributed by atoms with Crippen LogP contribution in [-0.2, 0) is 0 Å². The van der Waals surface area contributed by atoms with Gasteiger partial charge >= 0.3 is 0 Å². The first-order chi connectivity index (χ1) is 11.3. The minimum atomic E-state index is -0.00281. The second-order valence-corrected chi connectivity index (χ2v) is 5.49. The predicted molar refractivity (Wildman–Crippen MR) is 92.2 cm³/mol. The van der Waals surface area contributed by atoms with Gasteiger partial charge < -0.3 is 9.72 Å². The molecule has 0 aliphatic carbocycles. The van der Waals surface area contributed by atoms with Crippen molar-refractivity contribution in [2.45, 2.75) is 0 Å². The van der Waals surface area contributed by atoms with Gasteiger partial charge in [-0.1, -0.05) is 36.4 Å². The molecule has 1 heterocycles. The zero-order valence-corrected chi connectivity index (χ0v) is 12.7. The van der Waals surface area contributed by atoms with Crippen molar-refractivity contribution in [2.75, 3.05) is 7.11 Å². The van der Waals surface area contributed by atoms with Gasteiger partial charge in [0.2, 0.25) is 5.78 Å². The van der Waals surface area contributed by atoms with Crippen molar-refractivity contribution in [3.05, 3.63) is 78.0 Å². The SMILES string of the molecule is COc1ccc2c(C(=O)c3cc4ccccc4[nH]3)cccc2c1. The van der Waals surface area contributed by atoms with Crippen molar-refractivity contribution in [1.29, 1.82) is 0 Å². The van der Waals surface area contributed by atoms with Crippen LogP contribution in [0, 0.1) is 0 Å². The quantitative estimate of drug-likeness (QED) is 0.564. The Balaban J connectivity index is 1.86. The maximum Gasteiger partial charge on any atom is 0.209 e. The molecule has 0 radical (unpaired) electrons. The number of para-hydroxylation sites is 1. The molecule has 1 aromatic heterocycles. The van der Waals surface area contributed by atoms with Crippen LogP contribution < -0.4 is 4.74 Å². The Labute approximate surface area is 133 Å². The second kappa shape index (κ2) is 5.29. The molecule has 3 heteroatoms. The summed E-state index contributed by atoms with van der Waals surface area (Å²) in [4.78, 5) is 16.1. The van der Waals surface area contributed by atoms with Gasteiger partial charge in [-0.2, -0.15) is 0 Å². The number of H-pyrrole nitrogens is 1. The maximum atomic E-state index is 12.9. The summed E-state index contributed by atoms with van der Waals surface area (Å²) >= 11 is 0. The van der Waals surface area contributed by atoms with Crippen LogP contribution in [0.2, 0.25) is 0 Å². The van der Waals surface area contributed by atoms with Crippen LogP contribution in [0.5, 0.6) is 5.75 Å². The van der Waals surface area contributed by atoms with E-state index in [2.05, 4.69) is 4.98 Å². The summed E-state index contributed by atoms with van der Waals surface area (Å²) in [5, 5.41) is 2.96. The average molecular weight is 301 g/mol. The van der Waals surface area contributed by atoms with Crippen LogP contribution >= 0.6 is 0 Å². The van der Waals surface area contributed by atoms with Gasteiger partial charge in [0, 0.05) is 16.5 Å². The van der Waals surface area contributed by atoms with E-state index >= 15 is 0 Å². The summed E-state index contributed by atoms with van der Waals surface area (Å²) in [6, 6.07) is 21.3. The van der Waals surface area contributed by atoms with Crippen LogP contribution in [-0.4, -0.2) is 17.9 Å². The topological polar surface area (TPSA) is 42.1 Å². The average Bonchev–Trinajstić information content (AvgIpc) is 3.04. The van der Waals surface area contributed by atoms with Gasteiger partial charge in [-0.25, -0.2) is 0 Å². The lowest BCUT2D eigenvalue weighted by Crippen LogP contribution is -2.02. The number of rotatable bonds is 3. The third-order valence-electron chi connectivity index (χ3n) is 4.11. The van der Waals surface area contributed by atoms with E-state index in [0.29, 0.717) is 11.3 Å². The number of aromatic amines is 1. The van der Waals surface area contributed by atoms with E-state index < -0.39 is 0 Å².